The number of carbonyl (C=O) groups excluding carboxylic acids is 1. The maximum atomic E-state index is 11.7. The number of nitrogens with zero attached hydrogens (tertiary/aromatic N) is 2. The van der Waals surface area contributed by atoms with Crippen LogP contribution in [0.1, 0.15) is 5.76 Å². The molecule has 0 aliphatic carbocycles. The van der Waals surface area contributed by atoms with Crippen molar-refractivity contribution in [3.63, 3.8) is 0 Å². The Balaban J connectivity index is 2.61. The Hall–Kier alpha value is -1.45. The van der Waals surface area contributed by atoms with Crippen LogP contribution in [0.3, 0.4) is 0 Å². The molecule has 0 atom stereocenters. The molecule has 108 valence electrons. The van der Waals surface area contributed by atoms with E-state index in [2.05, 4.69) is 10.5 Å². The minimum atomic E-state index is -3.47. The van der Waals surface area contributed by atoms with Crippen molar-refractivity contribution in [1.29, 1.82) is 0 Å². The number of rotatable bonds is 7. The van der Waals surface area contributed by atoms with Crippen molar-refractivity contribution < 1.29 is 22.5 Å². The molecule has 0 bridgehead atoms. The smallest absolute Gasteiger partial charge is 0.240 e. The van der Waals surface area contributed by atoms with Crippen LogP contribution in [0.15, 0.2) is 10.6 Å². The molecule has 0 aliphatic heterocycles. The van der Waals surface area contributed by atoms with Crippen molar-refractivity contribution in [3.8, 4) is 0 Å². The van der Waals surface area contributed by atoms with E-state index < -0.39 is 15.9 Å². The Morgan fingerprint density at radius 1 is 1.58 bits per heavy atom. The number of aromatic nitrogens is 1. The summed E-state index contributed by atoms with van der Waals surface area (Å²) in [7, 11) is -2.01. The Labute approximate surface area is 111 Å². The van der Waals surface area contributed by atoms with E-state index in [4.69, 9.17) is 9.26 Å². The second kappa shape index (κ2) is 6.64. The van der Waals surface area contributed by atoms with E-state index in [1.807, 2.05) is 0 Å². The van der Waals surface area contributed by atoms with Gasteiger partial charge in [0, 0.05) is 19.7 Å². The van der Waals surface area contributed by atoms with Gasteiger partial charge in [-0.25, -0.2) is 8.42 Å². The first-order chi connectivity index (χ1) is 8.82. The van der Waals surface area contributed by atoms with Crippen molar-refractivity contribution in [2.24, 2.45) is 0 Å². The number of sulfonamides is 1. The average molecular weight is 291 g/mol. The minimum absolute atomic E-state index is 0.112. The molecule has 8 nitrogen and oxygen atoms in total. The highest BCUT2D eigenvalue weighted by Crippen LogP contribution is 2.07. The van der Waals surface area contributed by atoms with E-state index in [1.165, 1.54) is 13.2 Å². The summed E-state index contributed by atoms with van der Waals surface area (Å²) in [4.78, 5) is 11.7. The molecule has 1 aromatic heterocycles. The van der Waals surface area contributed by atoms with Gasteiger partial charge in [-0.3, -0.25) is 4.79 Å². The fraction of sp³-hybridized carbons (Fsp3) is 0.600. The Bertz CT molecular complexity index is 525. The zero-order chi connectivity index (χ0) is 14.5. The van der Waals surface area contributed by atoms with Crippen LogP contribution >= 0.6 is 0 Å². The SMILES string of the molecule is COCCN(CC(=O)Nc1cc(C)on1)S(C)(=O)=O. The summed E-state index contributed by atoms with van der Waals surface area (Å²) in [6.45, 7) is 1.71. The number of amides is 1. The maximum absolute atomic E-state index is 11.7. The summed E-state index contributed by atoms with van der Waals surface area (Å²) in [5.74, 6) is 0.312. The van der Waals surface area contributed by atoms with Gasteiger partial charge in [-0.05, 0) is 6.92 Å². The van der Waals surface area contributed by atoms with Gasteiger partial charge in [0.05, 0.1) is 19.4 Å². The van der Waals surface area contributed by atoms with E-state index in [9.17, 15) is 13.2 Å². The molecule has 0 saturated heterocycles. The van der Waals surface area contributed by atoms with Gasteiger partial charge in [-0.2, -0.15) is 4.31 Å². The van der Waals surface area contributed by atoms with E-state index in [1.54, 1.807) is 6.92 Å². The van der Waals surface area contributed by atoms with Gasteiger partial charge >= 0.3 is 0 Å². The van der Waals surface area contributed by atoms with Crippen LogP contribution in [0.2, 0.25) is 0 Å². The number of nitrogens with one attached hydrogen (secondary N) is 1. The fourth-order valence-electron chi connectivity index (χ4n) is 1.32. The lowest BCUT2D eigenvalue weighted by Gasteiger charge is -2.18. The second-order valence-electron chi connectivity index (χ2n) is 3.96. The maximum Gasteiger partial charge on any atom is 0.240 e. The van der Waals surface area contributed by atoms with Crippen LogP contribution in [-0.2, 0) is 19.6 Å². The van der Waals surface area contributed by atoms with Crippen LogP contribution < -0.4 is 5.32 Å². The molecule has 0 fully saturated rings. The normalized spacial score (nSPS) is 11.8. The van der Waals surface area contributed by atoms with Crippen LogP contribution in [-0.4, -0.2) is 56.8 Å². The highest BCUT2D eigenvalue weighted by Gasteiger charge is 2.20. The molecule has 0 spiro atoms. The van der Waals surface area contributed by atoms with Gasteiger partial charge in [0.1, 0.15) is 5.76 Å². The highest BCUT2D eigenvalue weighted by atomic mass is 32.2. The largest absolute Gasteiger partial charge is 0.383 e. The summed E-state index contributed by atoms with van der Waals surface area (Å²) in [6.07, 6.45) is 1.04. The molecule has 0 radical (unpaired) electrons. The van der Waals surface area contributed by atoms with E-state index in [-0.39, 0.29) is 25.5 Å². The van der Waals surface area contributed by atoms with Gasteiger partial charge in [0.25, 0.3) is 0 Å². The summed E-state index contributed by atoms with van der Waals surface area (Å²) in [5.41, 5.74) is 0. The first kappa shape index (κ1) is 15.6. The van der Waals surface area contributed by atoms with Crippen molar-refractivity contribution in [2.45, 2.75) is 6.92 Å². The molecule has 1 heterocycles. The summed E-state index contributed by atoms with van der Waals surface area (Å²) in [6, 6.07) is 1.54. The number of ether oxygens (including phenoxy) is 1. The molecule has 19 heavy (non-hydrogen) atoms. The van der Waals surface area contributed by atoms with E-state index in [0.717, 1.165) is 10.6 Å². The van der Waals surface area contributed by atoms with Gasteiger partial charge in [-0.1, -0.05) is 5.16 Å². The molecule has 1 N–H and O–H groups in total. The van der Waals surface area contributed by atoms with Crippen LogP contribution in [0.25, 0.3) is 0 Å². The van der Waals surface area contributed by atoms with Crippen molar-refractivity contribution in [3.05, 3.63) is 11.8 Å². The van der Waals surface area contributed by atoms with Crippen LogP contribution in [0.5, 0.6) is 0 Å². The third kappa shape index (κ3) is 5.37. The average Bonchev–Trinajstić information content (AvgIpc) is 2.68. The Kier molecular flexibility index (Phi) is 5.45. The quantitative estimate of drug-likeness (QED) is 0.748. The lowest BCUT2D eigenvalue weighted by atomic mass is 10.4. The number of hydrogen-bond acceptors (Lipinski definition) is 6. The summed E-state index contributed by atoms with van der Waals surface area (Å²) >= 11 is 0. The second-order valence-corrected chi connectivity index (χ2v) is 5.94. The predicted molar refractivity (Wildman–Crippen MR) is 68.2 cm³/mol. The van der Waals surface area contributed by atoms with Crippen LogP contribution in [0, 0.1) is 6.92 Å². The highest BCUT2D eigenvalue weighted by molar-refractivity contribution is 7.88. The van der Waals surface area contributed by atoms with Crippen molar-refractivity contribution in [1.82, 2.24) is 9.46 Å². The zero-order valence-electron chi connectivity index (χ0n) is 11.0. The van der Waals surface area contributed by atoms with Crippen LogP contribution in [0.4, 0.5) is 5.82 Å². The first-order valence-electron chi connectivity index (χ1n) is 5.50. The molecule has 1 rings (SSSR count). The van der Waals surface area contributed by atoms with E-state index >= 15 is 0 Å². The minimum Gasteiger partial charge on any atom is -0.383 e. The Morgan fingerprint density at radius 2 is 2.26 bits per heavy atom. The number of aryl methyl sites for hydroxylation is 1. The molecule has 9 heteroatoms. The number of anilines is 1. The standard InChI is InChI=1S/C10H17N3O5S/c1-8-6-9(12-18-8)11-10(14)7-13(4-5-17-2)19(3,15)16/h6H,4-5,7H2,1-3H3,(H,11,12,14). The summed E-state index contributed by atoms with van der Waals surface area (Å²) in [5, 5.41) is 6.04. The third-order valence-electron chi connectivity index (χ3n) is 2.23. The predicted octanol–water partition coefficient (Wildman–Crippen LogP) is -0.170. The molecular formula is C10H17N3O5S. The van der Waals surface area contributed by atoms with Crippen molar-refractivity contribution >= 4 is 21.7 Å². The number of carbonyl (C=O) groups is 1. The molecule has 0 aromatic carbocycles. The monoisotopic (exact) mass is 291 g/mol. The molecule has 1 aromatic rings. The first-order valence-corrected chi connectivity index (χ1v) is 7.35. The molecule has 0 saturated carbocycles. The van der Waals surface area contributed by atoms with E-state index in [0.29, 0.717) is 5.76 Å². The van der Waals surface area contributed by atoms with Gasteiger partial charge in [0.2, 0.25) is 15.9 Å². The Morgan fingerprint density at radius 3 is 2.74 bits per heavy atom. The number of methoxy groups -OCH3 is 1. The zero-order valence-corrected chi connectivity index (χ0v) is 11.9. The third-order valence-corrected chi connectivity index (χ3v) is 3.48. The van der Waals surface area contributed by atoms with Gasteiger partial charge in [0.15, 0.2) is 5.82 Å². The lowest BCUT2D eigenvalue weighted by Crippen LogP contribution is -2.39. The summed E-state index contributed by atoms with van der Waals surface area (Å²) < 4.78 is 33.6. The molecule has 1 amide bonds. The topological polar surface area (TPSA) is 102 Å². The fourth-order valence-corrected chi connectivity index (χ4v) is 2.08. The van der Waals surface area contributed by atoms with Crippen molar-refractivity contribution in [2.75, 3.05) is 38.4 Å². The lowest BCUT2D eigenvalue weighted by molar-refractivity contribution is -0.116. The molecular weight excluding hydrogens is 274 g/mol. The molecule has 0 unspecified atom stereocenters. The molecule has 0 aliphatic rings. The number of hydrogen-bond donors (Lipinski definition) is 1. The van der Waals surface area contributed by atoms with Gasteiger partial charge < -0.3 is 14.6 Å². The van der Waals surface area contributed by atoms with Gasteiger partial charge in [-0.15, -0.1) is 0 Å².